The van der Waals surface area contributed by atoms with Crippen LogP contribution in [0.1, 0.15) is 12.8 Å². The van der Waals surface area contributed by atoms with E-state index in [1.807, 2.05) is 12.3 Å². The van der Waals surface area contributed by atoms with Gasteiger partial charge >= 0.3 is 6.61 Å². The molecule has 138 valence electrons. The van der Waals surface area contributed by atoms with Crippen LogP contribution in [0.2, 0.25) is 0 Å². The number of alkyl halides is 2. The van der Waals surface area contributed by atoms with Crippen LogP contribution in [0.4, 0.5) is 20.4 Å². The number of H-pyrrole nitrogens is 1. The molecule has 2 N–H and O–H groups in total. The first kappa shape index (κ1) is 16.7. The molecule has 3 aromatic rings. The van der Waals surface area contributed by atoms with E-state index < -0.39 is 6.61 Å². The second-order valence-electron chi connectivity index (χ2n) is 6.11. The van der Waals surface area contributed by atoms with Gasteiger partial charge in [0.25, 0.3) is 0 Å². The molecule has 0 unspecified atom stereocenters. The predicted octanol–water partition coefficient (Wildman–Crippen LogP) is 2.93. The van der Waals surface area contributed by atoms with Gasteiger partial charge in [-0.1, -0.05) is 0 Å². The molecule has 1 fully saturated rings. The number of ether oxygens (including phenoxy) is 2. The van der Waals surface area contributed by atoms with E-state index in [2.05, 4.69) is 34.8 Å². The number of anilines is 2. The Morgan fingerprint density at radius 1 is 1.38 bits per heavy atom. The summed E-state index contributed by atoms with van der Waals surface area (Å²) in [5, 5.41) is 9.18. The van der Waals surface area contributed by atoms with Gasteiger partial charge in [-0.05, 0) is 24.8 Å². The summed E-state index contributed by atoms with van der Waals surface area (Å²) in [4.78, 5) is 8.98. The van der Waals surface area contributed by atoms with Gasteiger partial charge in [0.1, 0.15) is 11.3 Å². The van der Waals surface area contributed by atoms with Crippen molar-refractivity contribution in [2.45, 2.75) is 26.0 Å². The number of fused-ring (bicyclic) bond motifs is 1. The highest BCUT2D eigenvalue weighted by molar-refractivity contribution is 5.73. The second-order valence-corrected chi connectivity index (χ2v) is 6.11. The number of rotatable bonds is 6. The SMILES string of the molecule is FC(F)Oc1cc(Nc2cnc3ccn(CC4CCOCC4)c3n2)[nH]n1. The zero-order valence-electron chi connectivity index (χ0n) is 13.9. The van der Waals surface area contributed by atoms with Crippen LogP contribution in [0.5, 0.6) is 5.88 Å². The van der Waals surface area contributed by atoms with Gasteiger partial charge in [-0.25, -0.2) is 9.97 Å². The first-order valence-electron chi connectivity index (χ1n) is 8.34. The standard InChI is InChI=1S/C16H18F2N6O2/c17-16(18)26-14-7-12(22-23-14)20-13-8-19-11-1-4-24(15(11)21-13)9-10-2-5-25-6-3-10/h1,4,7-8,10,16H,2-3,5-6,9H2,(H2,20,21,22,23). The van der Waals surface area contributed by atoms with E-state index in [0.717, 1.165) is 43.8 Å². The van der Waals surface area contributed by atoms with Crippen LogP contribution in [0, 0.1) is 5.92 Å². The van der Waals surface area contributed by atoms with Crippen molar-refractivity contribution in [3.8, 4) is 5.88 Å². The molecule has 8 nitrogen and oxygen atoms in total. The largest absolute Gasteiger partial charge is 0.415 e. The number of aromatic nitrogens is 5. The minimum atomic E-state index is -2.92. The summed E-state index contributed by atoms with van der Waals surface area (Å²) in [6, 6.07) is 3.26. The van der Waals surface area contributed by atoms with E-state index in [0.29, 0.717) is 17.6 Å². The third-order valence-corrected chi connectivity index (χ3v) is 4.29. The number of hydrogen-bond acceptors (Lipinski definition) is 6. The molecule has 1 saturated heterocycles. The van der Waals surface area contributed by atoms with E-state index in [1.54, 1.807) is 6.20 Å². The average molecular weight is 364 g/mol. The van der Waals surface area contributed by atoms with Crippen molar-refractivity contribution in [3.63, 3.8) is 0 Å². The molecule has 0 radical (unpaired) electrons. The summed E-state index contributed by atoms with van der Waals surface area (Å²) in [5.41, 5.74) is 1.57. The minimum Gasteiger partial charge on any atom is -0.415 e. The van der Waals surface area contributed by atoms with Crippen LogP contribution >= 0.6 is 0 Å². The van der Waals surface area contributed by atoms with Gasteiger partial charge in [0.2, 0.25) is 5.88 Å². The van der Waals surface area contributed by atoms with Crippen molar-refractivity contribution in [2.24, 2.45) is 5.92 Å². The lowest BCUT2D eigenvalue weighted by Crippen LogP contribution is -2.20. The third-order valence-electron chi connectivity index (χ3n) is 4.29. The van der Waals surface area contributed by atoms with Crippen LogP contribution in [-0.2, 0) is 11.3 Å². The van der Waals surface area contributed by atoms with Crippen molar-refractivity contribution < 1.29 is 18.3 Å². The molecule has 1 aliphatic heterocycles. The van der Waals surface area contributed by atoms with E-state index in [4.69, 9.17) is 4.74 Å². The molecule has 0 bridgehead atoms. The van der Waals surface area contributed by atoms with E-state index in [-0.39, 0.29) is 5.88 Å². The Hall–Kier alpha value is -2.75. The van der Waals surface area contributed by atoms with Crippen molar-refractivity contribution in [3.05, 3.63) is 24.5 Å². The number of nitrogens with zero attached hydrogens (tertiary/aromatic N) is 4. The van der Waals surface area contributed by atoms with Gasteiger partial charge in [-0.3, -0.25) is 5.10 Å². The van der Waals surface area contributed by atoms with Crippen LogP contribution in [0.15, 0.2) is 24.5 Å². The molecule has 4 heterocycles. The van der Waals surface area contributed by atoms with Gasteiger partial charge in [-0.2, -0.15) is 8.78 Å². The van der Waals surface area contributed by atoms with Crippen LogP contribution in [0.25, 0.3) is 11.2 Å². The maximum absolute atomic E-state index is 12.2. The Bertz CT molecular complexity index is 875. The van der Waals surface area contributed by atoms with Crippen LogP contribution < -0.4 is 10.1 Å². The normalized spacial score (nSPS) is 15.7. The third kappa shape index (κ3) is 3.74. The number of hydrogen-bond donors (Lipinski definition) is 2. The topological polar surface area (TPSA) is 89.9 Å². The fourth-order valence-electron chi connectivity index (χ4n) is 3.02. The van der Waals surface area contributed by atoms with Gasteiger partial charge in [0, 0.05) is 32.0 Å². The Morgan fingerprint density at radius 2 is 2.23 bits per heavy atom. The highest BCUT2D eigenvalue weighted by Gasteiger charge is 2.16. The lowest BCUT2D eigenvalue weighted by molar-refractivity contribution is -0.0528. The number of aromatic amines is 1. The van der Waals surface area contributed by atoms with Crippen LogP contribution in [0.3, 0.4) is 0 Å². The first-order valence-corrected chi connectivity index (χ1v) is 8.34. The van der Waals surface area contributed by atoms with Gasteiger partial charge in [0.05, 0.1) is 6.20 Å². The zero-order chi connectivity index (χ0) is 17.9. The van der Waals surface area contributed by atoms with E-state index in [9.17, 15) is 8.78 Å². The molecular weight excluding hydrogens is 346 g/mol. The molecule has 0 saturated carbocycles. The summed E-state index contributed by atoms with van der Waals surface area (Å²) >= 11 is 0. The predicted molar refractivity (Wildman–Crippen MR) is 89.6 cm³/mol. The van der Waals surface area contributed by atoms with Crippen LogP contribution in [-0.4, -0.2) is 44.6 Å². The molecule has 26 heavy (non-hydrogen) atoms. The highest BCUT2D eigenvalue weighted by atomic mass is 19.3. The molecule has 4 rings (SSSR count). The maximum atomic E-state index is 12.2. The summed E-state index contributed by atoms with van der Waals surface area (Å²) in [6.07, 6.45) is 5.63. The quantitative estimate of drug-likeness (QED) is 0.699. The van der Waals surface area contributed by atoms with Crippen molar-refractivity contribution in [1.82, 2.24) is 24.7 Å². The average Bonchev–Trinajstić information content (AvgIpc) is 3.22. The zero-order valence-corrected chi connectivity index (χ0v) is 13.9. The van der Waals surface area contributed by atoms with Crippen molar-refractivity contribution in [2.75, 3.05) is 18.5 Å². The molecule has 10 heteroatoms. The Kier molecular flexibility index (Phi) is 4.65. The van der Waals surface area contributed by atoms with Crippen molar-refractivity contribution >= 4 is 22.8 Å². The molecule has 0 aromatic carbocycles. The number of halogens is 2. The highest BCUT2D eigenvalue weighted by Crippen LogP contribution is 2.22. The lowest BCUT2D eigenvalue weighted by Gasteiger charge is -2.22. The molecule has 1 aliphatic rings. The first-order chi connectivity index (χ1) is 12.7. The van der Waals surface area contributed by atoms with E-state index >= 15 is 0 Å². The molecular formula is C16H18F2N6O2. The summed E-state index contributed by atoms with van der Waals surface area (Å²) in [7, 11) is 0. The second kappa shape index (κ2) is 7.24. The molecule has 0 amide bonds. The lowest BCUT2D eigenvalue weighted by atomic mass is 10.0. The summed E-state index contributed by atoms with van der Waals surface area (Å²) in [5.74, 6) is 1.23. The monoisotopic (exact) mass is 364 g/mol. The summed E-state index contributed by atoms with van der Waals surface area (Å²) in [6.45, 7) is -0.464. The van der Waals surface area contributed by atoms with Gasteiger partial charge in [-0.15, -0.1) is 5.10 Å². The molecule has 0 atom stereocenters. The van der Waals surface area contributed by atoms with E-state index in [1.165, 1.54) is 6.07 Å². The fourth-order valence-corrected chi connectivity index (χ4v) is 3.02. The maximum Gasteiger partial charge on any atom is 0.388 e. The Balaban J connectivity index is 1.51. The molecule has 3 aromatic heterocycles. The van der Waals surface area contributed by atoms with Gasteiger partial charge < -0.3 is 19.4 Å². The fraction of sp³-hybridized carbons (Fsp3) is 0.438. The Labute approximate surface area is 147 Å². The Morgan fingerprint density at radius 3 is 3.04 bits per heavy atom. The molecule has 0 aliphatic carbocycles. The van der Waals surface area contributed by atoms with Crippen molar-refractivity contribution in [1.29, 1.82) is 0 Å². The minimum absolute atomic E-state index is 0.195. The molecule has 0 spiro atoms. The smallest absolute Gasteiger partial charge is 0.388 e. The van der Waals surface area contributed by atoms with Gasteiger partial charge in [0.15, 0.2) is 11.5 Å². The summed E-state index contributed by atoms with van der Waals surface area (Å²) < 4.78 is 36.1. The number of nitrogens with one attached hydrogen (secondary N) is 2.